The molecule has 82 valence electrons. The van der Waals surface area contributed by atoms with Crippen LogP contribution in [0.5, 0.6) is 0 Å². The Morgan fingerprint density at radius 3 is 2.69 bits per heavy atom. The summed E-state index contributed by atoms with van der Waals surface area (Å²) in [5.74, 6) is 1.11. The minimum Gasteiger partial charge on any atom is -0.387 e. The normalized spacial score (nSPS) is 11.8. The van der Waals surface area contributed by atoms with Crippen LogP contribution in [-0.4, -0.2) is 15.2 Å². The Morgan fingerprint density at radius 1 is 1.38 bits per heavy atom. The molecule has 1 heterocycles. The zero-order valence-corrected chi connectivity index (χ0v) is 10.1. The molecule has 1 aromatic heterocycles. The van der Waals surface area contributed by atoms with E-state index in [2.05, 4.69) is 14.3 Å². The van der Waals surface area contributed by atoms with Gasteiger partial charge in [-0.25, -0.2) is 4.99 Å². The number of aliphatic imine (C=N–C) groups is 1. The largest absolute Gasteiger partial charge is 0.387 e. The number of hydrogen-bond donors (Lipinski definition) is 1. The first-order valence-corrected chi connectivity index (χ1v) is 5.71. The lowest BCUT2D eigenvalue weighted by atomic mass is 10.2. The Hall–Kier alpha value is -1.46. The monoisotopic (exact) mass is 252 g/mol. The van der Waals surface area contributed by atoms with Crippen molar-refractivity contribution in [2.24, 2.45) is 10.7 Å². The third-order valence-electron chi connectivity index (χ3n) is 1.79. The molecule has 0 spiro atoms. The van der Waals surface area contributed by atoms with Gasteiger partial charge in [0.05, 0.1) is 5.84 Å². The smallest absolute Gasteiger partial charge is 0.230 e. The van der Waals surface area contributed by atoms with Gasteiger partial charge < -0.3 is 5.73 Å². The van der Waals surface area contributed by atoms with Crippen molar-refractivity contribution in [3.63, 3.8) is 0 Å². The summed E-state index contributed by atoms with van der Waals surface area (Å²) in [5, 5.41) is 1.25. The summed E-state index contributed by atoms with van der Waals surface area (Å²) >= 11 is 7.01. The van der Waals surface area contributed by atoms with Gasteiger partial charge in [0.2, 0.25) is 5.13 Å². The molecule has 6 heteroatoms. The van der Waals surface area contributed by atoms with Crippen LogP contribution >= 0.6 is 23.1 Å². The van der Waals surface area contributed by atoms with Crippen LogP contribution in [0.3, 0.4) is 0 Å². The van der Waals surface area contributed by atoms with Crippen LogP contribution in [0, 0.1) is 0 Å². The maximum atomic E-state index is 5.80. The highest BCUT2D eigenvalue weighted by Crippen LogP contribution is 2.23. The molecule has 4 nitrogen and oxygen atoms in total. The third kappa shape index (κ3) is 2.56. The van der Waals surface area contributed by atoms with Crippen LogP contribution in [-0.2, 0) is 0 Å². The van der Waals surface area contributed by atoms with Crippen molar-refractivity contribution in [2.75, 3.05) is 0 Å². The van der Waals surface area contributed by atoms with Crippen LogP contribution in [0.25, 0.3) is 11.4 Å². The first-order valence-electron chi connectivity index (χ1n) is 4.55. The summed E-state index contributed by atoms with van der Waals surface area (Å²) < 4.78 is 4.19. The van der Waals surface area contributed by atoms with Gasteiger partial charge in [-0.05, 0) is 31.2 Å². The van der Waals surface area contributed by atoms with Crippen molar-refractivity contribution in [3.8, 4) is 11.4 Å². The van der Waals surface area contributed by atoms with Crippen LogP contribution in [0.2, 0.25) is 5.02 Å². The zero-order chi connectivity index (χ0) is 11.5. The van der Waals surface area contributed by atoms with Crippen molar-refractivity contribution in [1.82, 2.24) is 9.36 Å². The Kier molecular flexibility index (Phi) is 3.17. The molecule has 0 atom stereocenters. The maximum absolute atomic E-state index is 5.80. The molecule has 0 aliphatic rings. The van der Waals surface area contributed by atoms with E-state index in [1.54, 1.807) is 19.1 Å². The molecular weight excluding hydrogens is 244 g/mol. The molecule has 0 amide bonds. The fourth-order valence-electron chi connectivity index (χ4n) is 1.13. The fourth-order valence-corrected chi connectivity index (χ4v) is 1.88. The van der Waals surface area contributed by atoms with E-state index in [1.165, 1.54) is 11.5 Å². The van der Waals surface area contributed by atoms with Crippen LogP contribution in [0.1, 0.15) is 6.92 Å². The summed E-state index contributed by atoms with van der Waals surface area (Å²) in [5.41, 5.74) is 6.38. The summed E-state index contributed by atoms with van der Waals surface area (Å²) in [7, 11) is 0. The summed E-state index contributed by atoms with van der Waals surface area (Å²) in [6, 6.07) is 7.34. The van der Waals surface area contributed by atoms with E-state index in [9.17, 15) is 0 Å². The van der Waals surface area contributed by atoms with E-state index < -0.39 is 0 Å². The Balaban J connectivity index is 2.31. The maximum Gasteiger partial charge on any atom is 0.230 e. The Morgan fingerprint density at radius 2 is 2.06 bits per heavy atom. The lowest BCUT2D eigenvalue weighted by molar-refractivity contribution is 1.29. The van der Waals surface area contributed by atoms with E-state index in [0.717, 1.165) is 5.56 Å². The van der Waals surface area contributed by atoms with Crippen LogP contribution in [0.15, 0.2) is 29.3 Å². The number of amidine groups is 1. The topological polar surface area (TPSA) is 64.2 Å². The quantitative estimate of drug-likeness (QED) is 0.660. The second-order valence-corrected chi connectivity index (χ2v) is 4.33. The molecule has 0 fully saturated rings. The number of rotatable bonds is 2. The van der Waals surface area contributed by atoms with Crippen LogP contribution < -0.4 is 5.73 Å². The summed E-state index contributed by atoms with van der Waals surface area (Å²) in [6.07, 6.45) is 0. The molecule has 0 unspecified atom stereocenters. The number of aromatic nitrogens is 2. The minimum absolute atomic E-state index is 0.471. The number of benzene rings is 1. The van der Waals surface area contributed by atoms with Crippen molar-refractivity contribution >= 4 is 34.1 Å². The first kappa shape index (κ1) is 11.0. The van der Waals surface area contributed by atoms with E-state index in [0.29, 0.717) is 21.8 Å². The van der Waals surface area contributed by atoms with Gasteiger partial charge in [-0.15, -0.1) is 0 Å². The molecule has 0 aliphatic carbocycles. The highest BCUT2D eigenvalue weighted by Gasteiger charge is 2.05. The van der Waals surface area contributed by atoms with Gasteiger partial charge in [0.25, 0.3) is 0 Å². The predicted molar refractivity (Wildman–Crippen MR) is 67.3 cm³/mol. The zero-order valence-electron chi connectivity index (χ0n) is 8.51. The molecule has 2 rings (SSSR count). The van der Waals surface area contributed by atoms with Gasteiger partial charge in [-0.2, -0.15) is 9.36 Å². The van der Waals surface area contributed by atoms with Crippen molar-refractivity contribution < 1.29 is 0 Å². The van der Waals surface area contributed by atoms with Crippen molar-refractivity contribution in [1.29, 1.82) is 0 Å². The second-order valence-electron chi connectivity index (χ2n) is 3.16. The molecule has 0 bridgehead atoms. The molecular formula is C10H9ClN4S. The number of nitrogens with two attached hydrogens (primary N) is 1. The van der Waals surface area contributed by atoms with Gasteiger partial charge in [0.1, 0.15) is 0 Å². The molecule has 16 heavy (non-hydrogen) atoms. The molecule has 1 aromatic carbocycles. The van der Waals surface area contributed by atoms with Crippen LogP contribution in [0.4, 0.5) is 5.13 Å². The standard InChI is InChI=1S/C10H9ClN4S/c1-6(12)13-10-14-9(15-16-10)7-2-4-8(11)5-3-7/h2-5H,1H3,(H2,12,13,14,15). The molecule has 0 aliphatic heterocycles. The average Bonchev–Trinajstić information content (AvgIpc) is 2.66. The Bertz CT molecular complexity index is 514. The summed E-state index contributed by atoms with van der Waals surface area (Å²) in [4.78, 5) is 8.28. The lowest BCUT2D eigenvalue weighted by Gasteiger charge is -1.93. The number of halogens is 1. The molecule has 2 N–H and O–H groups in total. The third-order valence-corrected chi connectivity index (χ3v) is 2.65. The van der Waals surface area contributed by atoms with Crippen molar-refractivity contribution in [3.05, 3.63) is 29.3 Å². The predicted octanol–water partition coefficient (Wildman–Crippen LogP) is 2.87. The van der Waals surface area contributed by atoms with Gasteiger partial charge in [0, 0.05) is 22.1 Å². The SMILES string of the molecule is C/C(N)=N/c1nc(-c2ccc(Cl)cc2)ns1. The van der Waals surface area contributed by atoms with E-state index in [1.807, 2.05) is 12.1 Å². The van der Waals surface area contributed by atoms with Gasteiger partial charge in [-0.3, -0.25) is 0 Å². The van der Waals surface area contributed by atoms with E-state index in [-0.39, 0.29) is 0 Å². The lowest BCUT2D eigenvalue weighted by Crippen LogP contribution is -2.03. The summed E-state index contributed by atoms with van der Waals surface area (Å²) in [6.45, 7) is 1.71. The average molecular weight is 253 g/mol. The van der Waals surface area contributed by atoms with Gasteiger partial charge in [0.15, 0.2) is 5.82 Å². The number of nitrogens with zero attached hydrogens (tertiary/aromatic N) is 3. The van der Waals surface area contributed by atoms with Gasteiger partial charge >= 0.3 is 0 Å². The molecule has 0 radical (unpaired) electrons. The van der Waals surface area contributed by atoms with Gasteiger partial charge in [-0.1, -0.05) is 11.6 Å². The second kappa shape index (κ2) is 4.59. The van der Waals surface area contributed by atoms with E-state index >= 15 is 0 Å². The van der Waals surface area contributed by atoms with E-state index in [4.69, 9.17) is 17.3 Å². The minimum atomic E-state index is 0.471. The highest BCUT2D eigenvalue weighted by molar-refractivity contribution is 7.09. The number of hydrogen-bond acceptors (Lipinski definition) is 4. The molecule has 2 aromatic rings. The molecule has 0 saturated carbocycles. The first-order chi connectivity index (χ1) is 7.65. The Labute approximate surface area is 102 Å². The fraction of sp³-hybridized carbons (Fsp3) is 0.100. The molecule has 0 saturated heterocycles. The highest BCUT2D eigenvalue weighted by atomic mass is 35.5. The van der Waals surface area contributed by atoms with Crippen molar-refractivity contribution in [2.45, 2.75) is 6.92 Å².